The molecule has 36 heavy (non-hydrogen) atoms. The van der Waals surface area contributed by atoms with Crippen LogP contribution >= 0.6 is 12.6 Å². The molecule has 0 bridgehead atoms. The van der Waals surface area contributed by atoms with E-state index in [0.717, 1.165) is 6.42 Å². The lowest BCUT2D eigenvalue weighted by atomic mass is 9.75. The number of para-hydroxylation sites is 1. The molecule has 3 aromatic rings. The van der Waals surface area contributed by atoms with Gasteiger partial charge in [-0.2, -0.15) is 5.26 Å². The fourth-order valence-electron chi connectivity index (χ4n) is 4.77. The molecule has 0 radical (unpaired) electrons. The fraction of sp³-hybridized carbons (Fsp3) is 0.231. The van der Waals surface area contributed by atoms with Crippen LogP contribution in [0.1, 0.15) is 40.9 Å². The second kappa shape index (κ2) is 8.91. The Balaban J connectivity index is 1.47. The summed E-state index contributed by atoms with van der Waals surface area (Å²) in [5.41, 5.74) is -0.183. The summed E-state index contributed by atoms with van der Waals surface area (Å²) in [5.74, 6) is -2.40. The van der Waals surface area contributed by atoms with Crippen molar-refractivity contribution in [3.8, 4) is 6.07 Å². The van der Waals surface area contributed by atoms with E-state index in [2.05, 4.69) is 10.3 Å². The summed E-state index contributed by atoms with van der Waals surface area (Å²) in [6, 6.07) is 13.4. The van der Waals surface area contributed by atoms with Gasteiger partial charge in [0.2, 0.25) is 0 Å². The number of benzene rings is 2. The number of carbonyl (C=O) groups is 2. The van der Waals surface area contributed by atoms with Gasteiger partial charge < -0.3 is 10.2 Å². The van der Waals surface area contributed by atoms with Crippen LogP contribution in [0.15, 0.2) is 54.7 Å². The number of halogens is 2. The van der Waals surface area contributed by atoms with Crippen molar-refractivity contribution in [2.45, 2.75) is 37.2 Å². The molecule has 1 unspecified atom stereocenters. The van der Waals surface area contributed by atoms with Crippen LogP contribution in [-0.2, 0) is 4.79 Å². The first-order valence-electron chi connectivity index (χ1n) is 11.3. The molecule has 10 heteroatoms. The van der Waals surface area contributed by atoms with Gasteiger partial charge in [-0.3, -0.25) is 14.5 Å². The molecule has 1 N–H and O–H groups in total. The maximum Gasteiger partial charge on any atom is 0.258 e. The Morgan fingerprint density at radius 3 is 2.53 bits per heavy atom. The number of anilines is 3. The van der Waals surface area contributed by atoms with E-state index >= 15 is 4.39 Å². The predicted octanol–water partition coefficient (Wildman–Crippen LogP) is 4.78. The predicted molar refractivity (Wildman–Crippen MR) is 134 cm³/mol. The lowest BCUT2D eigenvalue weighted by molar-refractivity contribution is -0.124. The summed E-state index contributed by atoms with van der Waals surface area (Å²) in [4.78, 5) is 33.6. The van der Waals surface area contributed by atoms with Crippen LogP contribution in [0.4, 0.5) is 25.8 Å². The van der Waals surface area contributed by atoms with Crippen molar-refractivity contribution >= 4 is 41.5 Å². The number of nitrogens with one attached hydrogen (secondary N) is 1. The second-order valence-electron chi connectivity index (χ2n) is 8.85. The molecule has 5 rings (SSSR count). The topological polar surface area (TPSA) is 89.3 Å². The molecular weight excluding hydrogens is 484 g/mol. The molecule has 1 aliphatic heterocycles. The highest BCUT2D eigenvalue weighted by molar-refractivity contribution is 7.81. The molecule has 7 nitrogen and oxygen atoms in total. The third-order valence-electron chi connectivity index (χ3n) is 6.77. The molecule has 2 heterocycles. The molecule has 1 aromatic heterocycles. The summed E-state index contributed by atoms with van der Waals surface area (Å²) in [6.45, 7) is 1.74. The van der Waals surface area contributed by atoms with Crippen molar-refractivity contribution < 1.29 is 18.4 Å². The van der Waals surface area contributed by atoms with Crippen molar-refractivity contribution in [2.24, 2.45) is 0 Å². The van der Waals surface area contributed by atoms with Crippen LogP contribution in [0, 0.1) is 29.9 Å². The Kier molecular flexibility index (Phi) is 5.88. The first kappa shape index (κ1) is 23.8. The number of nitrogens with zero attached hydrogens (tertiary/aromatic N) is 4. The molecule has 1 spiro atoms. The van der Waals surface area contributed by atoms with Crippen molar-refractivity contribution in [1.29, 1.82) is 5.26 Å². The fourth-order valence-corrected chi connectivity index (χ4v) is 5.36. The van der Waals surface area contributed by atoms with Crippen LogP contribution in [0.5, 0.6) is 0 Å². The number of nitriles is 1. The number of amides is 2. The Hall–Kier alpha value is -3.97. The van der Waals surface area contributed by atoms with Gasteiger partial charge in [0, 0.05) is 5.69 Å². The Morgan fingerprint density at radius 1 is 1.17 bits per heavy atom. The maximum atomic E-state index is 15.2. The van der Waals surface area contributed by atoms with Crippen LogP contribution in [0.2, 0.25) is 0 Å². The SMILES string of the molecule is Cc1cc(N2C(=O)C3(CCC3)N(c3ccc(C(=O)Nc4ccccc4F)c(F)c3)C2S)cnc1C#N. The van der Waals surface area contributed by atoms with Gasteiger partial charge in [0.05, 0.1) is 23.1 Å². The van der Waals surface area contributed by atoms with E-state index in [1.54, 1.807) is 30.0 Å². The van der Waals surface area contributed by atoms with E-state index in [-0.39, 0.29) is 22.9 Å². The number of hydrogen-bond acceptors (Lipinski definition) is 6. The lowest BCUT2D eigenvalue weighted by Crippen LogP contribution is -2.55. The smallest absolute Gasteiger partial charge is 0.258 e. The Morgan fingerprint density at radius 2 is 1.92 bits per heavy atom. The molecular formula is C26H21F2N5O2S. The summed E-state index contributed by atoms with van der Waals surface area (Å²) in [7, 11) is 0. The number of carbonyl (C=O) groups excluding carboxylic acids is 2. The number of thiol groups is 1. The average molecular weight is 506 g/mol. The summed E-state index contributed by atoms with van der Waals surface area (Å²) >= 11 is 4.72. The Bertz CT molecular complexity index is 1440. The highest BCUT2D eigenvalue weighted by Crippen LogP contribution is 2.50. The van der Waals surface area contributed by atoms with Gasteiger partial charge in [-0.05, 0) is 68.1 Å². The first-order chi connectivity index (χ1) is 17.3. The normalized spacial score (nSPS) is 18.2. The van der Waals surface area contributed by atoms with Gasteiger partial charge in [-0.25, -0.2) is 13.8 Å². The van der Waals surface area contributed by atoms with Crippen molar-refractivity contribution in [1.82, 2.24) is 4.98 Å². The molecule has 2 aliphatic rings. The van der Waals surface area contributed by atoms with Gasteiger partial charge in [0.15, 0.2) is 5.50 Å². The molecule has 1 saturated heterocycles. The lowest BCUT2D eigenvalue weighted by Gasteiger charge is -2.44. The van der Waals surface area contributed by atoms with Crippen LogP contribution in [0.25, 0.3) is 0 Å². The molecule has 182 valence electrons. The van der Waals surface area contributed by atoms with Gasteiger partial charge in [0.1, 0.15) is 28.9 Å². The standard InChI is InChI=1S/C26H21F2N5O2S/c1-15-11-17(14-30-22(15)13-29)32-24(35)26(9-4-10-26)33(25(32)36)16-7-8-18(20(28)12-16)23(34)31-21-6-3-2-5-19(21)27/h2-3,5-8,11-12,14,25,36H,4,9-10H2,1H3,(H,31,34). The second-order valence-corrected chi connectivity index (χ2v) is 9.31. The highest BCUT2D eigenvalue weighted by Gasteiger charge is 2.60. The summed E-state index contributed by atoms with van der Waals surface area (Å²) in [5, 5.41) is 11.6. The minimum Gasteiger partial charge on any atom is -0.327 e. The Labute approximate surface area is 211 Å². The highest BCUT2D eigenvalue weighted by atomic mass is 32.1. The summed E-state index contributed by atoms with van der Waals surface area (Å²) in [6.07, 6.45) is 3.42. The zero-order valence-electron chi connectivity index (χ0n) is 19.2. The largest absolute Gasteiger partial charge is 0.327 e. The molecule has 1 aliphatic carbocycles. The molecule has 1 saturated carbocycles. The third kappa shape index (κ3) is 3.67. The van der Waals surface area contributed by atoms with Gasteiger partial charge in [-0.15, -0.1) is 12.6 Å². The molecule has 2 fully saturated rings. The zero-order valence-corrected chi connectivity index (χ0v) is 20.1. The van der Waals surface area contributed by atoms with E-state index in [4.69, 9.17) is 12.6 Å². The van der Waals surface area contributed by atoms with E-state index in [9.17, 15) is 19.2 Å². The number of hydrogen-bond donors (Lipinski definition) is 2. The minimum atomic E-state index is -0.891. The monoisotopic (exact) mass is 505 g/mol. The van der Waals surface area contributed by atoms with Crippen molar-refractivity contribution in [3.63, 3.8) is 0 Å². The van der Waals surface area contributed by atoms with Gasteiger partial charge in [-0.1, -0.05) is 12.1 Å². The van der Waals surface area contributed by atoms with Gasteiger partial charge >= 0.3 is 0 Å². The van der Waals surface area contributed by atoms with Crippen LogP contribution in [0.3, 0.4) is 0 Å². The van der Waals surface area contributed by atoms with E-state index < -0.39 is 28.6 Å². The number of pyridine rings is 1. The number of aromatic nitrogens is 1. The first-order valence-corrected chi connectivity index (χ1v) is 11.8. The summed E-state index contributed by atoms with van der Waals surface area (Å²) < 4.78 is 29.1. The van der Waals surface area contributed by atoms with E-state index in [1.165, 1.54) is 41.4 Å². The third-order valence-corrected chi connectivity index (χ3v) is 7.23. The van der Waals surface area contributed by atoms with Crippen molar-refractivity contribution in [3.05, 3.63) is 83.2 Å². The molecule has 2 amide bonds. The molecule has 2 aromatic carbocycles. The zero-order chi connectivity index (χ0) is 25.6. The van der Waals surface area contributed by atoms with Crippen LogP contribution < -0.4 is 15.1 Å². The number of rotatable bonds is 4. The minimum absolute atomic E-state index is 0.0538. The molecule has 1 atom stereocenters. The number of aryl methyl sites for hydroxylation is 1. The quantitative estimate of drug-likeness (QED) is 0.498. The van der Waals surface area contributed by atoms with E-state index in [0.29, 0.717) is 29.8 Å². The van der Waals surface area contributed by atoms with Crippen molar-refractivity contribution in [2.75, 3.05) is 15.1 Å². The maximum absolute atomic E-state index is 15.2. The van der Waals surface area contributed by atoms with Gasteiger partial charge in [0.25, 0.3) is 11.8 Å². The van der Waals surface area contributed by atoms with Crippen LogP contribution in [-0.4, -0.2) is 27.8 Å². The average Bonchev–Trinajstić information content (AvgIpc) is 3.07. The van der Waals surface area contributed by atoms with E-state index in [1.807, 2.05) is 6.07 Å².